The summed E-state index contributed by atoms with van der Waals surface area (Å²) < 4.78 is 39.8. The minimum atomic E-state index is -4.75. The van der Waals surface area contributed by atoms with E-state index in [1.807, 2.05) is 30.3 Å². The van der Waals surface area contributed by atoms with E-state index in [-0.39, 0.29) is 16.9 Å². The van der Waals surface area contributed by atoms with E-state index < -0.39 is 23.6 Å². The molecule has 0 saturated carbocycles. The number of pyridine rings is 1. The van der Waals surface area contributed by atoms with Crippen LogP contribution in [0, 0.1) is 0 Å². The van der Waals surface area contributed by atoms with Crippen LogP contribution < -0.4 is 15.8 Å². The predicted octanol–water partition coefficient (Wildman–Crippen LogP) is 2.63. The van der Waals surface area contributed by atoms with E-state index in [2.05, 4.69) is 15.3 Å². The predicted molar refractivity (Wildman–Crippen MR) is 108 cm³/mol. The summed E-state index contributed by atoms with van der Waals surface area (Å²) in [7, 11) is 1.02. The van der Waals surface area contributed by atoms with E-state index >= 15 is 0 Å². The smallest absolute Gasteiger partial charge is 0.350 e. The van der Waals surface area contributed by atoms with Crippen LogP contribution in [0.3, 0.4) is 0 Å². The highest BCUT2D eigenvalue weighted by atomic mass is 19.4. The van der Waals surface area contributed by atoms with Gasteiger partial charge in [0.15, 0.2) is 5.52 Å². The van der Waals surface area contributed by atoms with Crippen LogP contribution in [0.1, 0.15) is 24.2 Å². The van der Waals surface area contributed by atoms with Gasteiger partial charge in [-0.3, -0.25) is 14.2 Å². The maximum absolute atomic E-state index is 13.1. The van der Waals surface area contributed by atoms with Crippen LogP contribution in [-0.2, 0) is 24.6 Å². The van der Waals surface area contributed by atoms with Crippen molar-refractivity contribution in [3.05, 3.63) is 64.2 Å². The summed E-state index contributed by atoms with van der Waals surface area (Å²) in [5.41, 5.74) is -0.213. The maximum atomic E-state index is 13.1. The first-order valence-corrected chi connectivity index (χ1v) is 9.79. The van der Waals surface area contributed by atoms with Gasteiger partial charge in [0.25, 0.3) is 5.56 Å². The number of amides is 1. The number of halogens is 3. The molecule has 4 rings (SSSR count). The molecule has 1 aliphatic heterocycles. The molecule has 1 N–H and O–H groups in total. The van der Waals surface area contributed by atoms with Gasteiger partial charge >= 0.3 is 6.18 Å². The lowest BCUT2D eigenvalue weighted by atomic mass is 10.2. The van der Waals surface area contributed by atoms with E-state index in [0.717, 1.165) is 19.0 Å². The van der Waals surface area contributed by atoms with Crippen molar-refractivity contribution >= 4 is 22.8 Å². The number of carbonyl (C=O) groups excluding carboxylic acids is 1. The van der Waals surface area contributed by atoms with E-state index in [0.29, 0.717) is 29.9 Å². The van der Waals surface area contributed by atoms with Gasteiger partial charge in [0, 0.05) is 20.1 Å². The molecule has 1 atom stereocenters. The van der Waals surface area contributed by atoms with Gasteiger partial charge in [-0.05, 0) is 30.5 Å². The molecule has 3 aromatic rings. The lowest BCUT2D eigenvalue weighted by Crippen LogP contribution is -2.43. The zero-order valence-corrected chi connectivity index (χ0v) is 16.7. The summed E-state index contributed by atoms with van der Waals surface area (Å²) in [4.78, 5) is 34.9. The van der Waals surface area contributed by atoms with Gasteiger partial charge in [-0.25, -0.2) is 9.97 Å². The third kappa shape index (κ3) is 4.10. The van der Waals surface area contributed by atoms with Crippen molar-refractivity contribution in [2.75, 3.05) is 11.4 Å². The molecule has 162 valence electrons. The van der Waals surface area contributed by atoms with Crippen LogP contribution in [-0.4, -0.2) is 33.0 Å². The Labute approximate surface area is 175 Å². The molecule has 1 saturated heterocycles. The van der Waals surface area contributed by atoms with E-state index in [9.17, 15) is 22.8 Å². The van der Waals surface area contributed by atoms with Crippen LogP contribution in [0.4, 0.5) is 19.0 Å². The lowest BCUT2D eigenvalue weighted by Gasteiger charge is -2.25. The molecule has 1 aromatic carbocycles. The number of hydrogen-bond donors (Lipinski definition) is 1. The van der Waals surface area contributed by atoms with Crippen LogP contribution in [0.2, 0.25) is 0 Å². The fourth-order valence-electron chi connectivity index (χ4n) is 3.76. The zero-order valence-electron chi connectivity index (χ0n) is 16.7. The lowest BCUT2D eigenvalue weighted by molar-refractivity contribution is -0.147. The quantitative estimate of drug-likeness (QED) is 0.687. The summed E-state index contributed by atoms with van der Waals surface area (Å²) in [6.45, 7) is 0.941. The van der Waals surface area contributed by atoms with Crippen LogP contribution in [0.25, 0.3) is 11.0 Å². The third-order valence-corrected chi connectivity index (χ3v) is 5.32. The van der Waals surface area contributed by atoms with Gasteiger partial charge in [0.1, 0.15) is 11.9 Å². The molecule has 0 aliphatic carbocycles. The summed E-state index contributed by atoms with van der Waals surface area (Å²) in [5.74, 6) is -1.08. The molecular formula is C21H20F3N5O2. The Kier molecular flexibility index (Phi) is 5.38. The first kappa shape index (κ1) is 20.8. The van der Waals surface area contributed by atoms with Gasteiger partial charge in [0.2, 0.25) is 11.7 Å². The minimum Gasteiger partial charge on any atom is -0.350 e. The number of anilines is 1. The Morgan fingerprint density at radius 2 is 1.90 bits per heavy atom. The molecule has 1 aliphatic rings. The molecular weight excluding hydrogens is 411 g/mol. The largest absolute Gasteiger partial charge is 0.449 e. The molecule has 1 unspecified atom stereocenters. The highest BCUT2D eigenvalue weighted by molar-refractivity contribution is 5.86. The third-order valence-electron chi connectivity index (χ3n) is 5.32. The molecule has 7 nitrogen and oxygen atoms in total. The monoisotopic (exact) mass is 431 g/mol. The van der Waals surface area contributed by atoms with Crippen LogP contribution >= 0.6 is 0 Å². The number of aromatic nitrogens is 3. The number of carbonyl (C=O) groups is 1. The Bertz CT molecular complexity index is 1180. The van der Waals surface area contributed by atoms with Crippen molar-refractivity contribution in [2.24, 2.45) is 7.05 Å². The normalized spacial score (nSPS) is 16.6. The Balaban J connectivity index is 1.60. The van der Waals surface area contributed by atoms with Crippen molar-refractivity contribution < 1.29 is 18.0 Å². The number of nitrogens with zero attached hydrogens (tertiary/aromatic N) is 4. The van der Waals surface area contributed by atoms with Crippen molar-refractivity contribution in [1.29, 1.82) is 0 Å². The van der Waals surface area contributed by atoms with Crippen LogP contribution in [0.15, 0.2) is 47.3 Å². The second-order valence-corrected chi connectivity index (χ2v) is 7.39. The molecule has 0 radical (unpaired) electrons. The Hall–Kier alpha value is -3.43. The van der Waals surface area contributed by atoms with Gasteiger partial charge in [-0.15, -0.1) is 0 Å². The van der Waals surface area contributed by atoms with E-state index in [1.54, 1.807) is 4.90 Å². The molecule has 0 bridgehead atoms. The number of rotatable bonds is 4. The zero-order chi connectivity index (χ0) is 22.2. The Morgan fingerprint density at radius 3 is 2.61 bits per heavy atom. The summed E-state index contributed by atoms with van der Waals surface area (Å²) in [6.07, 6.45) is -3.38. The van der Waals surface area contributed by atoms with Crippen molar-refractivity contribution in [3.8, 4) is 0 Å². The average molecular weight is 431 g/mol. The molecule has 10 heteroatoms. The summed E-state index contributed by atoms with van der Waals surface area (Å²) >= 11 is 0. The molecule has 31 heavy (non-hydrogen) atoms. The van der Waals surface area contributed by atoms with Crippen molar-refractivity contribution in [1.82, 2.24) is 19.9 Å². The van der Waals surface area contributed by atoms with Gasteiger partial charge in [-0.2, -0.15) is 13.2 Å². The van der Waals surface area contributed by atoms with E-state index in [4.69, 9.17) is 0 Å². The number of fused-ring (bicyclic) bond motifs is 1. The van der Waals surface area contributed by atoms with Gasteiger partial charge in [0.05, 0.1) is 5.52 Å². The summed E-state index contributed by atoms with van der Waals surface area (Å²) in [5, 5.41) is 2.91. The standard InChI is InChI=1S/C21H20F3N5O2/c1-28-19(31)17-14(26-20(28)21(22,23)24)9-10-16(27-17)29-11-5-8-15(29)18(30)25-12-13-6-3-2-4-7-13/h2-4,6-7,9-10,15H,5,8,11-12H2,1H3,(H,25,30). The number of benzene rings is 1. The van der Waals surface area contributed by atoms with Gasteiger partial charge < -0.3 is 10.2 Å². The first-order valence-electron chi connectivity index (χ1n) is 9.79. The second kappa shape index (κ2) is 8.01. The SMILES string of the molecule is Cn1c(C(F)(F)F)nc2ccc(N3CCCC3C(=O)NCc3ccccc3)nc2c1=O. The number of hydrogen-bond acceptors (Lipinski definition) is 5. The highest BCUT2D eigenvalue weighted by Gasteiger charge is 2.37. The fourth-order valence-corrected chi connectivity index (χ4v) is 3.76. The number of alkyl halides is 3. The summed E-state index contributed by atoms with van der Waals surface area (Å²) in [6, 6.07) is 11.9. The average Bonchev–Trinajstić information content (AvgIpc) is 3.24. The minimum absolute atomic E-state index is 0.136. The van der Waals surface area contributed by atoms with Gasteiger partial charge in [-0.1, -0.05) is 30.3 Å². The molecule has 2 aromatic heterocycles. The fraction of sp³-hybridized carbons (Fsp3) is 0.333. The molecule has 3 heterocycles. The first-order chi connectivity index (χ1) is 14.8. The second-order valence-electron chi connectivity index (χ2n) is 7.39. The maximum Gasteiger partial charge on any atom is 0.449 e. The van der Waals surface area contributed by atoms with E-state index in [1.165, 1.54) is 12.1 Å². The van der Waals surface area contributed by atoms with Crippen molar-refractivity contribution in [2.45, 2.75) is 31.6 Å². The molecule has 0 spiro atoms. The number of nitrogens with one attached hydrogen (secondary N) is 1. The topological polar surface area (TPSA) is 80.1 Å². The Morgan fingerprint density at radius 1 is 1.16 bits per heavy atom. The molecule has 1 fully saturated rings. The molecule has 1 amide bonds. The van der Waals surface area contributed by atoms with Crippen LogP contribution in [0.5, 0.6) is 0 Å². The highest BCUT2D eigenvalue weighted by Crippen LogP contribution is 2.29. The van der Waals surface area contributed by atoms with Crippen molar-refractivity contribution in [3.63, 3.8) is 0 Å².